The van der Waals surface area contributed by atoms with Gasteiger partial charge < -0.3 is 19.7 Å². The number of rotatable bonds is 3. The van der Waals surface area contributed by atoms with E-state index in [1.807, 2.05) is 6.07 Å². The highest BCUT2D eigenvalue weighted by Gasteiger charge is 2.20. The molecule has 0 bridgehead atoms. The third-order valence-electron chi connectivity index (χ3n) is 4.10. The van der Waals surface area contributed by atoms with Gasteiger partial charge in [0.2, 0.25) is 6.79 Å². The maximum Gasteiger partial charge on any atom is 0.231 e. The predicted molar refractivity (Wildman–Crippen MR) is 74.6 cm³/mol. The summed E-state index contributed by atoms with van der Waals surface area (Å²) in [5.74, 6) is 1.73. The quantitative estimate of drug-likeness (QED) is 0.905. The standard InChI is InChI=1S/C15H22N2O2/c1-11(16-13-5-7-17(2)8-6-13)12-3-4-14-15(9-12)19-10-18-14/h3-4,9,11,13,16H,5-8,10H2,1-2H3. The van der Waals surface area contributed by atoms with Crippen molar-refractivity contribution in [1.29, 1.82) is 0 Å². The smallest absolute Gasteiger partial charge is 0.231 e. The Morgan fingerprint density at radius 1 is 1.21 bits per heavy atom. The molecular weight excluding hydrogens is 240 g/mol. The molecule has 0 spiro atoms. The minimum atomic E-state index is 0.343. The Labute approximate surface area is 114 Å². The molecule has 1 aromatic carbocycles. The van der Waals surface area contributed by atoms with Crippen LogP contribution >= 0.6 is 0 Å². The van der Waals surface area contributed by atoms with Gasteiger partial charge >= 0.3 is 0 Å². The van der Waals surface area contributed by atoms with Crippen LogP contribution in [-0.4, -0.2) is 37.9 Å². The van der Waals surface area contributed by atoms with Gasteiger partial charge in [-0.3, -0.25) is 0 Å². The first-order valence-electron chi connectivity index (χ1n) is 7.06. The summed E-state index contributed by atoms with van der Waals surface area (Å²) >= 11 is 0. The zero-order valence-corrected chi connectivity index (χ0v) is 11.7. The lowest BCUT2D eigenvalue weighted by Crippen LogP contribution is -2.41. The number of nitrogens with one attached hydrogen (secondary N) is 1. The van der Waals surface area contributed by atoms with Crippen LogP contribution < -0.4 is 14.8 Å². The Morgan fingerprint density at radius 3 is 2.74 bits per heavy atom. The summed E-state index contributed by atoms with van der Waals surface area (Å²) in [6.45, 7) is 4.93. The Kier molecular flexibility index (Phi) is 3.62. The van der Waals surface area contributed by atoms with E-state index in [0.29, 0.717) is 18.9 Å². The monoisotopic (exact) mass is 262 g/mol. The van der Waals surface area contributed by atoms with Crippen molar-refractivity contribution < 1.29 is 9.47 Å². The normalized spacial score (nSPS) is 21.6. The van der Waals surface area contributed by atoms with Crippen LogP contribution in [0.2, 0.25) is 0 Å². The summed E-state index contributed by atoms with van der Waals surface area (Å²) in [4.78, 5) is 2.39. The predicted octanol–water partition coefficient (Wildman–Crippen LogP) is 2.16. The number of hydrogen-bond donors (Lipinski definition) is 1. The van der Waals surface area contributed by atoms with Crippen LogP contribution in [0.1, 0.15) is 31.4 Å². The number of nitrogens with zero attached hydrogens (tertiary/aromatic N) is 1. The summed E-state index contributed by atoms with van der Waals surface area (Å²) in [5.41, 5.74) is 1.27. The van der Waals surface area contributed by atoms with Gasteiger partial charge in [-0.1, -0.05) is 6.07 Å². The van der Waals surface area contributed by atoms with Gasteiger partial charge in [0.05, 0.1) is 0 Å². The molecule has 2 aliphatic rings. The SMILES string of the molecule is CC(NC1CCN(C)CC1)c1ccc2c(c1)OCO2. The van der Waals surface area contributed by atoms with Gasteiger partial charge in [0.1, 0.15) is 0 Å². The maximum atomic E-state index is 5.44. The lowest BCUT2D eigenvalue weighted by Gasteiger charge is -2.31. The number of hydrogen-bond acceptors (Lipinski definition) is 4. The molecule has 19 heavy (non-hydrogen) atoms. The fraction of sp³-hybridized carbons (Fsp3) is 0.600. The molecule has 2 aliphatic heterocycles. The third kappa shape index (κ3) is 2.85. The molecule has 0 amide bonds. The molecule has 0 radical (unpaired) electrons. The van der Waals surface area contributed by atoms with Gasteiger partial charge in [0, 0.05) is 12.1 Å². The van der Waals surface area contributed by atoms with Crippen molar-refractivity contribution in [3.05, 3.63) is 23.8 Å². The number of piperidine rings is 1. The topological polar surface area (TPSA) is 33.7 Å². The van der Waals surface area contributed by atoms with Crippen molar-refractivity contribution in [3.8, 4) is 11.5 Å². The van der Waals surface area contributed by atoms with E-state index in [4.69, 9.17) is 9.47 Å². The van der Waals surface area contributed by atoms with Crippen LogP contribution in [0.3, 0.4) is 0 Å². The highest BCUT2D eigenvalue weighted by atomic mass is 16.7. The van der Waals surface area contributed by atoms with E-state index in [1.54, 1.807) is 0 Å². The van der Waals surface area contributed by atoms with Crippen LogP contribution in [0.25, 0.3) is 0 Å². The molecule has 1 atom stereocenters. The maximum absolute atomic E-state index is 5.44. The molecule has 3 rings (SSSR count). The van der Waals surface area contributed by atoms with E-state index >= 15 is 0 Å². The number of likely N-dealkylation sites (tertiary alicyclic amines) is 1. The van der Waals surface area contributed by atoms with Crippen LogP contribution in [0.4, 0.5) is 0 Å². The summed E-state index contributed by atoms with van der Waals surface area (Å²) in [7, 11) is 2.19. The molecule has 4 heteroatoms. The second-order valence-corrected chi connectivity index (χ2v) is 5.58. The second-order valence-electron chi connectivity index (χ2n) is 5.58. The van der Waals surface area contributed by atoms with Crippen molar-refractivity contribution in [2.24, 2.45) is 0 Å². The van der Waals surface area contributed by atoms with Gasteiger partial charge in [-0.15, -0.1) is 0 Å². The van der Waals surface area contributed by atoms with Crippen molar-refractivity contribution in [2.45, 2.75) is 31.8 Å². The average Bonchev–Trinajstić information content (AvgIpc) is 2.88. The van der Waals surface area contributed by atoms with E-state index in [0.717, 1.165) is 11.5 Å². The summed E-state index contributed by atoms with van der Waals surface area (Å²) < 4.78 is 10.8. The molecule has 1 N–H and O–H groups in total. The van der Waals surface area contributed by atoms with Crippen molar-refractivity contribution >= 4 is 0 Å². The van der Waals surface area contributed by atoms with E-state index in [2.05, 4.69) is 36.3 Å². The Hall–Kier alpha value is -1.26. The fourth-order valence-electron chi connectivity index (χ4n) is 2.81. The molecule has 2 heterocycles. The fourth-order valence-corrected chi connectivity index (χ4v) is 2.81. The molecule has 1 aromatic rings. The van der Waals surface area contributed by atoms with Gasteiger partial charge in [-0.2, -0.15) is 0 Å². The van der Waals surface area contributed by atoms with Gasteiger partial charge in [-0.25, -0.2) is 0 Å². The summed E-state index contributed by atoms with van der Waals surface area (Å²) in [6.07, 6.45) is 2.46. The highest BCUT2D eigenvalue weighted by Crippen LogP contribution is 2.34. The largest absolute Gasteiger partial charge is 0.454 e. The van der Waals surface area contributed by atoms with Crippen molar-refractivity contribution in [2.75, 3.05) is 26.9 Å². The van der Waals surface area contributed by atoms with E-state index in [9.17, 15) is 0 Å². The number of ether oxygens (including phenoxy) is 2. The summed E-state index contributed by atoms with van der Waals surface area (Å²) in [6, 6.07) is 7.19. The van der Waals surface area contributed by atoms with Crippen LogP contribution in [-0.2, 0) is 0 Å². The Bertz CT molecular complexity index is 442. The molecule has 0 saturated carbocycles. The molecule has 4 nitrogen and oxygen atoms in total. The van der Waals surface area contributed by atoms with Gasteiger partial charge in [-0.05, 0) is 57.6 Å². The zero-order valence-electron chi connectivity index (χ0n) is 11.7. The minimum Gasteiger partial charge on any atom is -0.454 e. The Morgan fingerprint density at radius 2 is 1.95 bits per heavy atom. The summed E-state index contributed by atoms with van der Waals surface area (Å²) in [5, 5.41) is 3.72. The minimum absolute atomic E-state index is 0.343. The zero-order chi connectivity index (χ0) is 13.2. The van der Waals surface area contributed by atoms with E-state index < -0.39 is 0 Å². The average molecular weight is 262 g/mol. The van der Waals surface area contributed by atoms with Gasteiger partial charge in [0.15, 0.2) is 11.5 Å². The molecule has 0 aliphatic carbocycles. The molecular formula is C15H22N2O2. The first-order valence-corrected chi connectivity index (χ1v) is 7.06. The molecule has 1 unspecified atom stereocenters. The first kappa shape index (κ1) is 12.8. The second kappa shape index (κ2) is 5.39. The van der Waals surface area contributed by atoms with E-state index in [1.165, 1.54) is 31.5 Å². The van der Waals surface area contributed by atoms with Crippen molar-refractivity contribution in [3.63, 3.8) is 0 Å². The van der Waals surface area contributed by atoms with Crippen LogP contribution in [0, 0.1) is 0 Å². The third-order valence-corrected chi connectivity index (χ3v) is 4.10. The van der Waals surface area contributed by atoms with Crippen LogP contribution in [0.5, 0.6) is 11.5 Å². The highest BCUT2D eigenvalue weighted by molar-refractivity contribution is 5.45. The Balaban J connectivity index is 1.62. The van der Waals surface area contributed by atoms with E-state index in [-0.39, 0.29) is 0 Å². The molecule has 104 valence electrons. The lowest BCUT2D eigenvalue weighted by molar-refractivity contribution is 0.174. The molecule has 0 aromatic heterocycles. The molecule has 1 saturated heterocycles. The molecule has 1 fully saturated rings. The number of fused-ring (bicyclic) bond motifs is 1. The van der Waals surface area contributed by atoms with Crippen molar-refractivity contribution in [1.82, 2.24) is 10.2 Å². The number of benzene rings is 1. The lowest BCUT2D eigenvalue weighted by atomic mass is 10.0. The first-order chi connectivity index (χ1) is 9.22. The van der Waals surface area contributed by atoms with Gasteiger partial charge in [0.25, 0.3) is 0 Å². The van der Waals surface area contributed by atoms with Crippen LogP contribution in [0.15, 0.2) is 18.2 Å².